The van der Waals surface area contributed by atoms with Crippen LogP contribution in [-0.4, -0.2) is 35.8 Å². The number of nitrogens with zero attached hydrogens (tertiary/aromatic N) is 3. The fourth-order valence-corrected chi connectivity index (χ4v) is 5.17. The molecule has 0 bridgehead atoms. The first-order valence-electron chi connectivity index (χ1n) is 12.1. The molecule has 0 fully saturated rings. The van der Waals surface area contributed by atoms with Crippen molar-refractivity contribution < 1.29 is 43.9 Å². The highest BCUT2D eigenvalue weighted by atomic mass is 35.5. The normalized spacial score (nSPS) is 12.5. The lowest BCUT2D eigenvalue weighted by molar-refractivity contribution is -0.274. The standard InChI is InChI=1S/C28H18ClF6N3O4S/c1-15-36-25(16-6-9-19(10-7-16)42-28(33,34)35)26(41-15)21-13-18(17-4-3-5-20(12-17)43(2,39)40)8-11-22(21)38-24(29)14-23(37-38)27(30,31)32/h3-14H,1-2H3. The van der Waals surface area contributed by atoms with Gasteiger partial charge in [0.1, 0.15) is 16.6 Å². The van der Waals surface area contributed by atoms with Crippen LogP contribution in [0.15, 0.2) is 82.1 Å². The summed E-state index contributed by atoms with van der Waals surface area (Å²) in [4.78, 5) is 4.40. The van der Waals surface area contributed by atoms with Crippen molar-refractivity contribution in [1.82, 2.24) is 14.8 Å². The Bertz CT molecular complexity index is 1930. The van der Waals surface area contributed by atoms with Gasteiger partial charge >= 0.3 is 12.5 Å². The molecule has 0 aliphatic heterocycles. The van der Waals surface area contributed by atoms with Crippen molar-refractivity contribution in [3.05, 3.63) is 89.5 Å². The molecule has 0 saturated heterocycles. The number of hydrogen-bond donors (Lipinski definition) is 0. The molecule has 0 N–H and O–H groups in total. The second-order valence-corrected chi connectivity index (χ2v) is 11.7. The Balaban J connectivity index is 1.72. The van der Waals surface area contributed by atoms with Gasteiger partial charge < -0.3 is 9.15 Å². The molecule has 43 heavy (non-hydrogen) atoms. The van der Waals surface area contributed by atoms with E-state index in [2.05, 4.69) is 14.8 Å². The van der Waals surface area contributed by atoms with E-state index in [0.717, 1.165) is 23.1 Å². The Morgan fingerprint density at radius 3 is 2.14 bits per heavy atom. The Morgan fingerprint density at radius 1 is 0.884 bits per heavy atom. The number of ether oxygens (including phenoxy) is 1. The van der Waals surface area contributed by atoms with Gasteiger partial charge in [0, 0.05) is 30.4 Å². The molecule has 0 aliphatic carbocycles. The van der Waals surface area contributed by atoms with Crippen molar-refractivity contribution in [2.24, 2.45) is 0 Å². The van der Waals surface area contributed by atoms with Crippen molar-refractivity contribution in [3.8, 4) is 45.1 Å². The number of benzene rings is 3. The predicted molar refractivity (Wildman–Crippen MR) is 144 cm³/mol. The topological polar surface area (TPSA) is 87.2 Å². The third-order valence-electron chi connectivity index (χ3n) is 6.12. The first-order valence-corrected chi connectivity index (χ1v) is 14.4. The van der Waals surface area contributed by atoms with Crippen molar-refractivity contribution >= 4 is 21.4 Å². The quantitative estimate of drug-likeness (QED) is 0.174. The van der Waals surface area contributed by atoms with Gasteiger partial charge in [-0.1, -0.05) is 29.8 Å². The number of halogens is 7. The molecule has 2 heterocycles. The minimum atomic E-state index is -4.90. The summed E-state index contributed by atoms with van der Waals surface area (Å²) in [6.45, 7) is 1.51. The van der Waals surface area contributed by atoms with Crippen LogP contribution < -0.4 is 4.74 Å². The second-order valence-electron chi connectivity index (χ2n) is 9.28. The molecular weight excluding hydrogens is 624 g/mol. The Labute approximate surface area is 245 Å². The fraction of sp³-hybridized carbons (Fsp3) is 0.143. The fourth-order valence-electron chi connectivity index (χ4n) is 4.27. The van der Waals surface area contributed by atoms with Gasteiger partial charge in [0.25, 0.3) is 0 Å². The van der Waals surface area contributed by atoms with Crippen molar-refractivity contribution in [2.45, 2.75) is 24.4 Å². The average Bonchev–Trinajstić information content (AvgIpc) is 3.50. The van der Waals surface area contributed by atoms with Gasteiger partial charge in [-0.25, -0.2) is 18.1 Å². The van der Waals surface area contributed by atoms with E-state index in [9.17, 15) is 34.8 Å². The molecule has 3 aromatic carbocycles. The van der Waals surface area contributed by atoms with Gasteiger partial charge in [-0.15, -0.1) is 13.2 Å². The third-order valence-corrected chi connectivity index (χ3v) is 7.50. The van der Waals surface area contributed by atoms with E-state index in [-0.39, 0.29) is 38.6 Å². The van der Waals surface area contributed by atoms with E-state index < -0.39 is 33.8 Å². The summed E-state index contributed by atoms with van der Waals surface area (Å²) in [5.41, 5.74) is 0.341. The van der Waals surface area contributed by atoms with E-state index in [0.29, 0.717) is 22.8 Å². The van der Waals surface area contributed by atoms with Crippen molar-refractivity contribution in [1.29, 1.82) is 0 Å². The highest BCUT2D eigenvalue weighted by Gasteiger charge is 2.35. The van der Waals surface area contributed by atoms with E-state index >= 15 is 0 Å². The predicted octanol–water partition coefficient (Wildman–Crippen LogP) is 8.14. The van der Waals surface area contributed by atoms with Gasteiger partial charge in [0.2, 0.25) is 0 Å². The first kappa shape index (κ1) is 30.2. The maximum atomic E-state index is 13.5. The number of sulfone groups is 1. The lowest BCUT2D eigenvalue weighted by Gasteiger charge is -2.14. The lowest BCUT2D eigenvalue weighted by Crippen LogP contribution is -2.16. The zero-order chi connectivity index (χ0) is 31.3. The molecule has 0 radical (unpaired) electrons. The van der Waals surface area contributed by atoms with Gasteiger partial charge in [-0.2, -0.15) is 18.3 Å². The molecule has 0 atom stereocenters. The van der Waals surface area contributed by atoms with Crippen molar-refractivity contribution in [2.75, 3.05) is 6.26 Å². The molecule has 0 saturated carbocycles. The summed E-state index contributed by atoms with van der Waals surface area (Å²) < 4.78 is 113. The maximum Gasteiger partial charge on any atom is 0.573 e. The first-order chi connectivity index (χ1) is 20.0. The largest absolute Gasteiger partial charge is 0.573 e. The summed E-state index contributed by atoms with van der Waals surface area (Å²) in [6, 6.07) is 15.9. The van der Waals surface area contributed by atoms with Crippen LogP contribution in [0, 0.1) is 6.92 Å². The molecule has 2 aromatic heterocycles. The SMILES string of the molecule is Cc1nc(-c2ccc(OC(F)(F)F)cc2)c(-c2cc(-c3cccc(S(C)(=O)=O)c3)ccc2-n2nc(C(F)(F)F)cc2Cl)o1. The highest BCUT2D eigenvalue weighted by molar-refractivity contribution is 7.90. The minimum absolute atomic E-state index is 0.0398. The molecule has 0 unspecified atom stereocenters. The molecule has 0 amide bonds. The van der Waals surface area contributed by atoms with E-state index in [1.165, 1.54) is 55.5 Å². The van der Waals surface area contributed by atoms with Crippen LogP contribution in [0.5, 0.6) is 5.75 Å². The highest BCUT2D eigenvalue weighted by Crippen LogP contribution is 2.41. The van der Waals surface area contributed by atoms with Crippen LogP contribution >= 0.6 is 11.6 Å². The van der Waals surface area contributed by atoms with E-state index in [1.54, 1.807) is 6.07 Å². The number of hydrogen-bond acceptors (Lipinski definition) is 6. The average molecular weight is 642 g/mol. The van der Waals surface area contributed by atoms with Gasteiger partial charge in [0.05, 0.1) is 10.6 Å². The third kappa shape index (κ3) is 6.54. The Morgan fingerprint density at radius 2 is 1.53 bits per heavy atom. The molecule has 7 nitrogen and oxygen atoms in total. The second kappa shape index (κ2) is 10.8. The number of aromatic nitrogens is 3. The number of aryl methyl sites for hydroxylation is 1. The van der Waals surface area contributed by atoms with Crippen LogP contribution in [0.1, 0.15) is 11.6 Å². The smallest absolute Gasteiger partial charge is 0.440 e. The van der Waals surface area contributed by atoms with Crippen LogP contribution in [0.25, 0.3) is 39.4 Å². The summed E-state index contributed by atoms with van der Waals surface area (Å²) in [6.07, 6.45) is -8.65. The maximum absolute atomic E-state index is 13.5. The minimum Gasteiger partial charge on any atom is -0.440 e. The Kier molecular flexibility index (Phi) is 7.55. The summed E-state index contributed by atoms with van der Waals surface area (Å²) in [5.74, 6) is -0.300. The van der Waals surface area contributed by atoms with Gasteiger partial charge in [-0.05, 0) is 59.7 Å². The molecule has 5 rings (SSSR count). The number of oxazole rings is 1. The molecule has 0 aliphatic rings. The van der Waals surface area contributed by atoms with Crippen LogP contribution in [-0.2, 0) is 16.0 Å². The van der Waals surface area contributed by atoms with Crippen molar-refractivity contribution in [3.63, 3.8) is 0 Å². The summed E-state index contributed by atoms with van der Waals surface area (Å²) in [7, 11) is -3.57. The zero-order valence-electron chi connectivity index (χ0n) is 22.0. The van der Waals surface area contributed by atoms with E-state index in [4.69, 9.17) is 16.0 Å². The zero-order valence-corrected chi connectivity index (χ0v) is 23.5. The summed E-state index contributed by atoms with van der Waals surface area (Å²) >= 11 is 6.19. The molecule has 15 heteroatoms. The van der Waals surface area contributed by atoms with E-state index in [1.807, 2.05) is 0 Å². The van der Waals surface area contributed by atoms with Crippen LogP contribution in [0.3, 0.4) is 0 Å². The molecular formula is C28H18ClF6N3O4S. The van der Waals surface area contributed by atoms with Gasteiger partial charge in [-0.3, -0.25) is 0 Å². The monoisotopic (exact) mass is 641 g/mol. The lowest BCUT2D eigenvalue weighted by atomic mass is 9.98. The Hall–Kier alpha value is -4.30. The number of rotatable bonds is 6. The van der Waals surface area contributed by atoms with Crippen LogP contribution in [0.2, 0.25) is 5.15 Å². The van der Waals surface area contributed by atoms with Crippen LogP contribution in [0.4, 0.5) is 26.3 Å². The molecule has 224 valence electrons. The molecule has 5 aromatic rings. The molecule has 0 spiro atoms. The summed E-state index contributed by atoms with van der Waals surface area (Å²) in [5, 5.41) is 3.27. The van der Waals surface area contributed by atoms with Gasteiger partial charge in [0.15, 0.2) is 27.2 Å². The number of alkyl halides is 6.